The van der Waals surface area contributed by atoms with Crippen LogP contribution in [0.1, 0.15) is 5.56 Å². The second-order valence-electron chi connectivity index (χ2n) is 5.12. The van der Waals surface area contributed by atoms with E-state index in [-0.39, 0.29) is 0 Å². The van der Waals surface area contributed by atoms with Crippen LogP contribution in [0.15, 0.2) is 24.3 Å². The molecule has 0 radical (unpaired) electrons. The molecule has 1 aromatic carbocycles. The summed E-state index contributed by atoms with van der Waals surface area (Å²) in [7, 11) is 0. The molecular weight excluding hydrogens is 210 g/mol. The van der Waals surface area contributed by atoms with Gasteiger partial charge in [0.1, 0.15) is 0 Å². The van der Waals surface area contributed by atoms with Crippen molar-refractivity contribution >= 4 is 5.69 Å². The molecule has 2 heterocycles. The van der Waals surface area contributed by atoms with Gasteiger partial charge in [0.05, 0.1) is 0 Å². The van der Waals surface area contributed by atoms with Gasteiger partial charge in [-0.15, -0.1) is 0 Å². The number of aryl methyl sites for hydroxylation is 1. The lowest BCUT2D eigenvalue weighted by molar-refractivity contribution is 0.138. The number of piperazine rings is 1. The topological polar surface area (TPSA) is 18.5 Å². The van der Waals surface area contributed by atoms with Crippen LogP contribution in [-0.2, 0) is 0 Å². The van der Waals surface area contributed by atoms with E-state index >= 15 is 0 Å². The highest BCUT2D eigenvalue weighted by molar-refractivity contribution is 5.53. The lowest BCUT2D eigenvalue weighted by Gasteiger charge is -2.44. The second kappa shape index (κ2) is 4.67. The molecule has 3 heteroatoms. The Bertz CT molecular complexity index is 379. The van der Waals surface area contributed by atoms with Crippen LogP contribution < -0.4 is 10.2 Å². The largest absolute Gasteiger partial charge is 0.369 e. The predicted octanol–water partition coefficient (Wildman–Crippen LogP) is 1.09. The van der Waals surface area contributed by atoms with Gasteiger partial charge in [0.15, 0.2) is 0 Å². The van der Waals surface area contributed by atoms with E-state index in [2.05, 4.69) is 46.3 Å². The van der Waals surface area contributed by atoms with Crippen LogP contribution in [-0.4, -0.2) is 50.2 Å². The van der Waals surface area contributed by atoms with Gasteiger partial charge in [0.2, 0.25) is 0 Å². The summed E-state index contributed by atoms with van der Waals surface area (Å²) in [5.41, 5.74) is 2.81. The third kappa shape index (κ3) is 2.17. The van der Waals surface area contributed by atoms with Crippen molar-refractivity contribution in [1.29, 1.82) is 0 Å². The van der Waals surface area contributed by atoms with Crippen LogP contribution in [0, 0.1) is 6.92 Å². The van der Waals surface area contributed by atoms with E-state index in [1.807, 2.05) is 0 Å². The first-order valence-electron chi connectivity index (χ1n) is 6.60. The van der Waals surface area contributed by atoms with Crippen LogP contribution in [0.2, 0.25) is 0 Å². The van der Waals surface area contributed by atoms with Gasteiger partial charge in [0.25, 0.3) is 0 Å². The average molecular weight is 231 g/mol. The Morgan fingerprint density at radius 3 is 2.35 bits per heavy atom. The van der Waals surface area contributed by atoms with Crippen molar-refractivity contribution in [2.75, 3.05) is 44.2 Å². The highest BCUT2D eigenvalue weighted by atomic mass is 15.3. The Balaban J connectivity index is 1.63. The smallest absolute Gasteiger partial charge is 0.0396 e. The Morgan fingerprint density at radius 2 is 1.76 bits per heavy atom. The molecule has 0 aliphatic carbocycles. The Hall–Kier alpha value is -1.06. The first-order chi connectivity index (χ1) is 8.34. The standard InChI is InChI=1S/C14H21N3/c1-12-4-2-3-5-14(12)17-8-6-16(7-9-17)13-10-15-11-13/h2-5,13,15H,6-11H2,1H3. The highest BCUT2D eigenvalue weighted by Crippen LogP contribution is 2.21. The zero-order valence-electron chi connectivity index (χ0n) is 10.5. The van der Waals surface area contributed by atoms with Gasteiger partial charge < -0.3 is 10.2 Å². The fourth-order valence-corrected chi connectivity index (χ4v) is 2.78. The molecule has 2 fully saturated rings. The molecule has 3 rings (SSSR count). The fraction of sp³-hybridized carbons (Fsp3) is 0.571. The Kier molecular flexibility index (Phi) is 3.04. The zero-order chi connectivity index (χ0) is 11.7. The van der Waals surface area contributed by atoms with E-state index in [0.29, 0.717) is 0 Å². The molecule has 2 aliphatic heterocycles. The predicted molar refractivity (Wildman–Crippen MR) is 71.6 cm³/mol. The van der Waals surface area contributed by atoms with E-state index in [4.69, 9.17) is 0 Å². The van der Waals surface area contributed by atoms with E-state index in [0.717, 1.165) is 6.04 Å². The van der Waals surface area contributed by atoms with Gasteiger partial charge in [-0.1, -0.05) is 18.2 Å². The van der Waals surface area contributed by atoms with Gasteiger partial charge in [-0.05, 0) is 18.6 Å². The summed E-state index contributed by atoms with van der Waals surface area (Å²) in [6.45, 7) is 9.33. The quantitative estimate of drug-likeness (QED) is 0.822. The fourth-order valence-electron chi connectivity index (χ4n) is 2.78. The van der Waals surface area contributed by atoms with Crippen molar-refractivity contribution in [2.24, 2.45) is 0 Å². The Morgan fingerprint density at radius 1 is 1.06 bits per heavy atom. The summed E-state index contributed by atoms with van der Waals surface area (Å²) in [6.07, 6.45) is 0. The normalized spacial score (nSPS) is 22.5. The summed E-state index contributed by atoms with van der Waals surface area (Å²) < 4.78 is 0. The lowest BCUT2D eigenvalue weighted by Crippen LogP contribution is -2.61. The van der Waals surface area contributed by atoms with Crippen LogP contribution >= 0.6 is 0 Å². The number of hydrogen-bond donors (Lipinski definition) is 1. The number of nitrogens with zero attached hydrogens (tertiary/aromatic N) is 2. The molecule has 3 nitrogen and oxygen atoms in total. The van der Waals surface area contributed by atoms with Crippen LogP contribution in [0.5, 0.6) is 0 Å². The molecule has 0 bridgehead atoms. The van der Waals surface area contributed by atoms with Gasteiger partial charge >= 0.3 is 0 Å². The molecule has 2 saturated heterocycles. The lowest BCUT2D eigenvalue weighted by atomic mass is 10.1. The number of hydrogen-bond acceptors (Lipinski definition) is 3. The minimum atomic E-state index is 0.800. The van der Waals surface area contributed by atoms with Gasteiger partial charge in [-0.3, -0.25) is 4.90 Å². The molecule has 92 valence electrons. The summed E-state index contributed by atoms with van der Waals surface area (Å²) >= 11 is 0. The maximum Gasteiger partial charge on any atom is 0.0396 e. The molecular formula is C14H21N3. The molecule has 0 spiro atoms. The number of benzene rings is 1. The van der Waals surface area contributed by atoms with Crippen molar-refractivity contribution < 1.29 is 0 Å². The first kappa shape index (κ1) is 11.1. The summed E-state index contributed by atoms with van der Waals surface area (Å²) in [4.78, 5) is 5.16. The van der Waals surface area contributed by atoms with Gasteiger partial charge in [0, 0.05) is 51.0 Å². The second-order valence-corrected chi connectivity index (χ2v) is 5.12. The molecule has 0 saturated carbocycles. The monoisotopic (exact) mass is 231 g/mol. The van der Waals surface area contributed by atoms with Crippen molar-refractivity contribution in [1.82, 2.24) is 10.2 Å². The van der Waals surface area contributed by atoms with E-state index in [1.54, 1.807) is 0 Å². The molecule has 0 atom stereocenters. The summed E-state index contributed by atoms with van der Waals surface area (Å²) in [5.74, 6) is 0. The molecule has 0 amide bonds. The van der Waals surface area contributed by atoms with Crippen molar-refractivity contribution in [3.63, 3.8) is 0 Å². The number of anilines is 1. The average Bonchev–Trinajstić information content (AvgIpc) is 2.29. The molecule has 0 unspecified atom stereocenters. The number of rotatable bonds is 2. The molecule has 17 heavy (non-hydrogen) atoms. The van der Waals surface area contributed by atoms with Gasteiger partial charge in [-0.25, -0.2) is 0 Å². The number of para-hydroxylation sites is 1. The van der Waals surface area contributed by atoms with Crippen LogP contribution in [0.3, 0.4) is 0 Å². The summed E-state index contributed by atoms with van der Waals surface area (Å²) in [6, 6.07) is 9.52. The third-order valence-electron chi connectivity index (χ3n) is 4.05. The van der Waals surface area contributed by atoms with E-state index in [9.17, 15) is 0 Å². The molecule has 1 N–H and O–H groups in total. The SMILES string of the molecule is Cc1ccccc1N1CCN(C2CNC2)CC1. The molecule has 2 aliphatic rings. The third-order valence-corrected chi connectivity index (χ3v) is 4.05. The minimum Gasteiger partial charge on any atom is -0.369 e. The van der Waals surface area contributed by atoms with Crippen molar-refractivity contribution in [3.05, 3.63) is 29.8 Å². The van der Waals surface area contributed by atoms with Crippen LogP contribution in [0.4, 0.5) is 5.69 Å². The highest BCUT2D eigenvalue weighted by Gasteiger charge is 2.27. The molecule has 0 aromatic heterocycles. The zero-order valence-corrected chi connectivity index (χ0v) is 10.5. The van der Waals surface area contributed by atoms with Crippen molar-refractivity contribution in [3.8, 4) is 0 Å². The maximum atomic E-state index is 3.36. The van der Waals surface area contributed by atoms with E-state index < -0.39 is 0 Å². The van der Waals surface area contributed by atoms with Gasteiger partial charge in [-0.2, -0.15) is 0 Å². The van der Waals surface area contributed by atoms with Crippen LogP contribution in [0.25, 0.3) is 0 Å². The molecule has 1 aromatic rings. The van der Waals surface area contributed by atoms with E-state index in [1.165, 1.54) is 50.5 Å². The maximum absolute atomic E-state index is 3.36. The summed E-state index contributed by atoms with van der Waals surface area (Å²) in [5, 5.41) is 3.36. The number of nitrogens with one attached hydrogen (secondary N) is 1. The minimum absolute atomic E-state index is 0.800. The Labute approximate surface area is 103 Å². The first-order valence-corrected chi connectivity index (χ1v) is 6.60. The van der Waals surface area contributed by atoms with Crippen molar-refractivity contribution in [2.45, 2.75) is 13.0 Å².